The van der Waals surface area contributed by atoms with E-state index in [1.54, 1.807) is 14.2 Å². The Morgan fingerprint density at radius 3 is 2.56 bits per heavy atom. The Morgan fingerprint density at radius 1 is 1.07 bits per heavy atom. The quantitative estimate of drug-likeness (QED) is 0.883. The number of carbonyl (C=O) groups is 1. The summed E-state index contributed by atoms with van der Waals surface area (Å²) in [6.07, 6.45) is 2.38. The highest BCUT2D eigenvalue weighted by Gasteiger charge is 2.34. The molecule has 1 atom stereocenters. The van der Waals surface area contributed by atoms with Gasteiger partial charge in [0.05, 0.1) is 14.2 Å². The van der Waals surface area contributed by atoms with E-state index in [0.29, 0.717) is 11.5 Å². The molecule has 1 amide bonds. The summed E-state index contributed by atoms with van der Waals surface area (Å²) < 4.78 is 10.8. The van der Waals surface area contributed by atoms with E-state index in [1.165, 1.54) is 25.9 Å². The molecule has 3 fully saturated rings. The maximum atomic E-state index is 12.8. The lowest BCUT2D eigenvalue weighted by Gasteiger charge is -2.44. The van der Waals surface area contributed by atoms with E-state index in [1.807, 2.05) is 42.5 Å². The fraction of sp³-hybridized carbons (Fsp3) is 0.409. The number of methoxy groups -OCH3 is 2. The lowest BCUT2D eigenvalue weighted by atomic mass is 9.84. The van der Waals surface area contributed by atoms with Crippen LogP contribution in [0.15, 0.2) is 42.5 Å². The summed E-state index contributed by atoms with van der Waals surface area (Å²) in [6, 6.07) is 13.7. The number of hydrogen-bond donors (Lipinski definition) is 1. The summed E-state index contributed by atoms with van der Waals surface area (Å²) >= 11 is 0. The fourth-order valence-corrected chi connectivity index (χ4v) is 4.25. The lowest BCUT2D eigenvalue weighted by molar-refractivity contribution is 0.0620. The number of nitrogens with zero attached hydrogens (tertiary/aromatic N) is 1. The Kier molecular flexibility index (Phi) is 5.03. The summed E-state index contributed by atoms with van der Waals surface area (Å²) in [5, 5.41) is 3.26. The summed E-state index contributed by atoms with van der Waals surface area (Å²) in [5.41, 5.74) is 2.58. The largest absolute Gasteiger partial charge is 0.497 e. The van der Waals surface area contributed by atoms with Crippen molar-refractivity contribution >= 4 is 5.91 Å². The van der Waals surface area contributed by atoms with Crippen molar-refractivity contribution in [3.8, 4) is 22.6 Å². The molecule has 0 aromatic heterocycles. The van der Waals surface area contributed by atoms with Gasteiger partial charge in [0.1, 0.15) is 11.5 Å². The average Bonchev–Trinajstić information content (AvgIpc) is 2.74. The first kappa shape index (κ1) is 17.9. The molecule has 3 saturated heterocycles. The van der Waals surface area contributed by atoms with Gasteiger partial charge in [0.25, 0.3) is 5.91 Å². The third-order valence-corrected chi connectivity index (χ3v) is 5.82. The van der Waals surface area contributed by atoms with Crippen LogP contribution in [0.2, 0.25) is 0 Å². The van der Waals surface area contributed by atoms with Gasteiger partial charge in [0.2, 0.25) is 0 Å². The topological polar surface area (TPSA) is 50.8 Å². The zero-order valence-electron chi connectivity index (χ0n) is 15.9. The smallest absolute Gasteiger partial charge is 0.251 e. The van der Waals surface area contributed by atoms with Crippen LogP contribution in [-0.2, 0) is 0 Å². The standard InChI is InChI=1S/C22H26N2O3/c1-26-18-6-7-19(21(13-18)27-2)16-4-3-5-17(12-16)22(25)23-20-14-24-10-8-15(20)9-11-24/h3-7,12-13,15,20H,8-11,14H2,1-2H3,(H,23,25)/t20-/m0/s1. The monoisotopic (exact) mass is 366 g/mol. The third kappa shape index (κ3) is 3.65. The van der Waals surface area contributed by atoms with Gasteiger partial charge < -0.3 is 19.7 Å². The molecule has 5 nitrogen and oxygen atoms in total. The molecule has 0 spiro atoms. The highest BCUT2D eigenvalue weighted by atomic mass is 16.5. The summed E-state index contributed by atoms with van der Waals surface area (Å²) in [5.74, 6) is 2.09. The minimum atomic E-state index is 0.00285. The Balaban J connectivity index is 1.55. The first-order valence-corrected chi connectivity index (χ1v) is 9.53. The van der Waals surface area contributed by atoms with Gasteiger partial charge in [0, 0.05) is 29.8 Å². The molecular weight excluding hydrogens is 340 g/mol. The van der Waals surface area contributed by atoms with E-state index >= 15 is 0 Å². The van der Waals surface area contributed by atoms with E-state index in [0.717, 1.165) is 29.2 Å². The second-order valence-corrected chi connectivity index (χ2v) is 7.37. The minimum Gasteiger partial charge on any atom is -0.497 e. The van der Waals surface area contributed by atoms with Crippen LogP contribution >= 0.6 is 0 Å². The summed E-state index contributed by atoms with van der Waals surface area (Å²) in [4.78, 5) is 15.3. The van der Waals surface area contributed by atoms with Crippen LogP contribution in [0.5, 0.6) is 11.5 Å². The molecule has 5 heteroatoms. The molecule has 2 aromatic carbocycles. The number of fused-ring (bicyclic) bond motifs is 3. The zero-order chi connectivity index (χ0) is 18.8. The molecule has 0 saturated carbocycles. The van der Waals surface area contributed by atoms with Crippen molar-refractivity contribution in [2.75, 3.05) is 33.9 Å². The molecular formula is C22H26N2O3. The second-order valence-electron chi connectivity index (χ2n) is 7.37. The highest BCUT2D eigenvalue weighted by Crippen LogP contribution is 2.34. The van der Waals surface area contributed by atoms with E-state index in [-0.39, 0.29) is 11.9 Å². The van der Waals surface area contributed by atoms with Gasteiger partial charge in [-0.05, 0) is 61.7 Å². The Morgan fingerprint density at radius 2 is 1.89 bits per heavy atom. The van der Waals surface area contributed by atoms with Crippen molar-refractivity contribution in [3.63, 3.8) is 0 Å². The molecule has 3 aliphatic rings. The molecule has 142 valence electrons. The van der Waals surface area contributed by atoms with Gasteiger partial charge in [-0.15, -0.1) is 0 Å². The van der Waals surface area contributed by atoms with Gasteiger partial charge in [-0.25, -0.2) is 0 Å². The van der Waals surface area contributed by atoms with E-state index < -0.39 is 0 Å². The predicted octanol–water partition coefficient (Wildman–Crippen LogP) is 3.19. The lowest BCUT2D eigenvalue weighted by Crippen LogP contribution is -2.57. The first-order chi connectivity index (χ1) is 13.2. The van der Waals surface area contributed by atoms with Gasteiger partial charge in [-0.3, -0.25) is 4.79 Å². The van der Waals surface area contributed by atoms with Crippen LogP contribution in [-0.4, -0.2) is 50.7 Å². The van der Waals surface area contributed by atoms with Gasteiger partial charge in [-0.1, -0.05) is 12.1 Å². The van der Waals surface area contributed by atoms with Gasteiger partial charge >= 0.3 is 0 Å². The molecule has 27 heavy (non-hydrogen) atoms. The number of ether oxygens (including phenoxy) is 2. The predicted molar refractivity (Wildman–Crippen MR) is 105 cm³/mol. The van der Waals surface area contributed by atoms with Crippen LogP contribution in [0.3, 0.4) is 0 Å². The normalized spacial score (nSPS) is 23.7. The molecule has 0 radical (unpaired) electrons. The van der Waals surface area contributed by atoms with Crippen LogP contribution < -0.4 is 14.8 Å². The zero-order valence-corrected chi connectivity index (χ0v) is 15.9. The van der Waals surface area contributed by atoms with Crippen LogP contribution in [0.25, 0.3) is 11.1 Å². The van der Waals surface area contributed by atoms with Crippen molar-refractivity contribution < 1.29 is 14.3 Å². The van der Waals surface area contributed by atoms with Crippen LogP contribution in [0.4, 0.5) is 0 Å². The van der Waals surface area contributed by atoms with E-state index in [4.69, 9.17) is 9.47 Å². The highest BCUT2D eigenvalue weighted by molar-refractivity contribution is 5.96. The van der Waals surface area contributed by atoms with Crippen molar-refractivity contribution in [3.05, 3.63) is 48.0 Å². The fourth-order valence-electron chi connectivity index (χ4n) is 4.25. The molecule has 3 aliphatic heterocycles. The van der Waals surface area contributed by atoms with E-state index in [9.17, 15) is 4.79 Å². The molecule has 3 heterocycles. The molecule has 1 N–H and O–H groups in total. The van der Waals surface area contributed by atoms with Crippen molar-refractivity contribution in [2.45, 2.75) is 18.9 Å². The van der Waals surface area contributed by atoms with Crippen LogP contribution in [0, 0.1) is 5.92 Å². The summed E-state index contributed by atoms with van der Waals surface area (Å²) in [7, 11) is 3.27. The Hall–Kier alpha value is -2.53. The number of benzene rings is 2. The first-order valence-electron chi connectivity index (χ1n) is 9.53. The number of amides is 1. The van der Waals surface area contributed by atoms with Crippen LogP contribution in [0.1, 0.15) is 23.2 Å². The molecule has 0 unspecified atom stereocenters. The minimum absolute atomic E-state index is 0.00285. The molecule has 2 bridgehead atoms. The number of nitrogens with one attached hydrogen (secondary N) is 1. The number of carbonyl (C=O) groups excluding carboxylic acids is 1. The van der Waals surface area contributed by atoms with Gasteiger partial charge in [-0.2, -0.15) is 0 Å². The maximum absolute atomic E-state index is 12.8. The van der Waals surface area contributed by atoms with Gasteiger partial charge in [0.15, 0.2) is 0 Å². The summed E-state index contributed by atoms with van der Waals surface area (Å²) in [6.45, 7) is 3.32. The number of hydrogen-bond acceptors (Lipinski definition) is 4. The maximum Gasteiger partial charge on any atom is 0.251 e. The Bertz CT molecular complexity index is 828. The van der Waals surface area contributed by atoms with E-state index in [2.05, 4.69) is 10.2 Å². The SMILES string of the molecule is COc1ccc(-c2cccc(C(=O)N[C@H]3CN4CCC3CC4)c2)c(OC)c1. The van der Waals surface area contributed by atoms with Crippen molar-refractivity contribution in [1.29, 1.82) is 0 Å². The molecule has 0 aliphatic carbocycles. The number of piperidine rings is 3. The van der Waals surface area contributed by atoms with Crippen molar-refractivity contribution in [1.82, 2.24) is 10.2 Å². The third-order valence-electron chi connectivity index (χ3n) is 5.82. The molecule has 2 aromatic rings. The second kappa shape index (κ2) is 7.61. The Labute approximate surface area is 160 Å². The molecule has 5 rings (SSSR count). The number of rotatable bonds is 5. The van der Waals surface area contributed by atoms with Crippen molar-refractivity contribution in [2.24, 2.45) is 5.92 Å². The average molecular weight is 366 g/mol.